The summed E-state index contributed by atoms with van der Waals surface area (Å²) in [6.45, 7) is 3.59. The molecule has 0 saturated carbocycles. The standard InChI is InChI=1S/C15H19NO2/c1-12-9-11-16(14(12)15(17)18)10-5-8-13-6-3-2-4-7-13/h2-8,12,14H,9-11H2,1H3,(H,17,18)/b8-5+. The van der Waals surface area contributed by atoms with E-state index in [1.807, 2.05) is 54.3 Å². The third-order valence-electron chi connectivity index (χ3n) is 3.51. The first-order chi connectivity index (χ1) is 8.68. The maximum atomic E-state index is 11.2. The number of nitrogens with zero attached hydrogens (tertiary/aromatic N) is 1. The van der Waals surface area contributed by atoms with Crippen molar-refractivity contribution in [2.75, 3.05) is 13.1 Å². The molecule has 0 aliphatic carbocycles. The van der Waals surface area contributed by atoms with Gasteiger partial charge >= 0.3 is 5.97 Å². The molecule has 0 spiro atoms. The molecule has 1 aromatic rings. The summed E-state index contributed by atoms with van der Waals surface area (Å²) in [5, 5.41) is 9.20. The van der Waals surface area contributed by atoms with Crippen LogP contribution < -0.4 is 0 Å². The molecular formula is C15H19NO2. The lowest BCUT2D eigenvalue weighted by Crippen LogP contribution is -2.38. The van der Waals surface area contributed by atoms with Crippen molar-refractivity contribution in [2.45, 2.75) is 19.4 Å². The predicted molar refractivity (Wildman–Crippen MR) is 72.3 cm³/mol. The number of hydrogen-bond donors (Lipinski definition) is 1. The molecule has 2 unspecified atom stereocenters. The number of hydrogen-bond acceptors (Lipinski definition) is 2. The summed E-state index contributed by atoms with van der Waals surface area (Å²) in [4.78, 5) is 13.2. The maximum Gasteiger partial charge on any atom is 0.321 e. The SMILES string of the molecule is CC1CCN(C/C=C/c2ccccc2)C1C(=O)O. The second-order valence-electron chi connectivity index (χ2n) is 4.86. The van der Waals surface area contributed by atoms with Gasteiger partial charge in [-0.05, 0) is 24.4 Å². The van der Waals surface area contributed by atoms with Crippen LogP contribution in [-0.2, 0) is 4.79 Å². The van der Waals surface area contributed by atoms with Gasteiger partial charge in [0.15, 0.2) is 0 Å². The second kappa shape index (κ2) is 5.83. The fraction of sp³-hybridized carbons (Fsp3) is 0.400. The van der Waals surface area contributed by atoms with E-state index in [1.165, 1.54) is 0 Å². The van der Waals surface area contributed by atoms with Crippen LogP contribution >= 0.6 is 0 Å². The van der Waals surface area contributed by atoms with E-state index in [9.17, 15) is 9.90 Å². The minimum absolute atomic E-state index is 0.243. The lowest BCUT2D eigenvalue weighted by atomic mass is 10.0. The summed E-state index contributed by atoms with van der Waals surface area (Å²) in [7, 11) is 0. The van der Waals surface area contributed by atoms with E-state index < -0.39 is 5.97 Å². The maximum absolute atomic E-state index is 11.2. The molecule has 3 heteroatoms. The number of carbonyl (C=O) groups is 1. The summed E-state index contributed by atoms with van der Waals surface area (Å²) in [5.74, 6) is -0.458. The zero-order valence-corrected chi connectivity index (χ0v) is 10.6. The van der Waals surface area contributed by atoms with E-state index in [0.29, 0.717) is 6.54 Å². The lowest BCUT2D eigenvalue weighted by molar-refractivity contribution is -0.143. The van der Waals surface area contributed by atoms with Crippen molar-refractivity contribution in [3.63, 3.8) is 0 Å². The average molecular weight is 245 g/mol. The van der Waals surface area contributed by atoms with Gasteiger partial charge < -0.3 is 5.11 Å². The molecule has 2 rings (SSSR count). The molecule has 1 aromatic carbocycles. The van der Waals surface area contributed by atoms with E-state index in [-0.39, 0.29) is 12.0 Å². The molecule has 1 N–H and O–H groups in total. The smallest absolute Gasteiger partial charge is 0.321 e. The van der Waals surface area contributed by atoms with Crippen molar-refractivity contribution in [3.8, 4) is 0 Å². The molecule has 1 fully saturated rings. The molecule has 0 radical (unpaired) electrons. The average Bonchev–Trinajstić information content (AvgIpc) is 2.72. The quantitative estimate of drug-likeness (QED) is 0.886. The summed E-state index contributed by atoms with van der Waals surface area (Å²) in [6.07, 6.45) is 5.06. The molecule has 1 heterocycles. The van der Waals surface area contributed by atoms with Gasteiger partial charge in [-0.1, -0.05) is 49.4 Å². The number of carboxylic acid groups (broad SMARTS) is 1. The molecule has 96 valence electrons. The highest BCUT2D eigenvalue weighted by Crippen LogP contribution is 2.23. The normalized spacial score (nSPS) is 24.7. The van der Waals surface area contributed by atoms with Crippen LogP contribution in [0.25, 0.3) is 6.08 Å². The van der Waals surface area contributed by atoms with Crippen LogP contribution in [0.5, 0.6) is 0 Å². The van der Waals surface area contributed by atoms with Gasteiger partial charge in [0.05, 0.1) is 0 Å². The molecule has 1 aliphatic heterocycles. The van der Waals surface area contributed by atoms with E-state index in [4.69, 9.17) is 0 Å². The number of aliphatic carboxylic acids is 1. The van der Waals surface area contributed by atoms with Gasteiger partial charge in [0.25, 0.3) is 0 Å². The minimum atomic E-state index is -0.701. The van der Waals surface area contributed by atoms with E-state index >= 15 is 0 Å². The third-order valence-corrected chi connectivity index (χ3v) is 3.51. The summed E-state index contributed by atoms with van der Waals surface area (Å²) in [6, 6.07) is 9.73. The largest absolute Gasteiger partial charge is 0.480 e. The zero-order valence-electron chi connectivity index (χ0n) is 10.6. The van der Waals surface area contributed by atoms with Gasteiger partial charge in [-0.2, -0.15) is 0 Å². The minimum Gasteiger partial charge on any atom is -0.480 e. The molecule has 3 nitrogen and oxygen atoms in total. The van der Waals surface area contributed by atoms with Crippen molar-refractivity contribution in [2.24, 2.45) is 5.92 Å². The van der Waals surface area contributed by atoms with Gasteiger partial charge in [0.1, 0.15) is 6.04 Å². The zero-order chi connectivity index (χ0) is 13.0. The topological polar surface area (TPSA) is 40.5 Å². The Morgan fingerprint density at radius 2 is 2.17 bits per heavy atom. The highest BCUT2D eigenvalue weighted by molar-refractivity contribution is 5.74. The molecule has 0 bridgehead atoms. The van der Waals surface area contributed by atoms with Gasteiger partial charge in [0.2, 0.25) is 0 Å². The van der Waals surface area contributed by atoms with Gasteiger partial charge in [-0.3, -0.25) is 9.69 Å². The van der Waals surface area contributed by atoms with Crippen molar-refractivity contribution < 1.29 is 9.90 Å². The lowest BCUT2D eigenvalue weighted by Gasteiger charge is -2.21. The Kier molecular flexibility index (Phi) is 4.15. The highest BCUT2D eigenvalue weighted by atomic mass is 16.4. The fourth-order valence-corrected chi connectivity index (χ4v) is 2.52. The Labute approximate surface area is 108 Å². The Morgan fingerprint density at radius 1 is 1.44 bits per heavy atom. The van der Waals surface area contributed by atoms with Gasteiger partial charge in [-0.15, -0.1) is 0 Å². The Balaban J connectivity index is 1.94. The monoisotopic (exact) mass is 245 g/mol. The Morgan fingerprint density at radius 3 is 2.83 bits per heavy atom. The Bertz CT molecular complexity index is 427. The first kappa shape index (κ1) is 12.8. The number of carboxylic acids is 1. The van der Waals surface area contributed by atoms with Crippen LogP contribution in [0.2, 0.25) is 0 Å². The highest BCUT2D eigenvalue weighted by Gasteiger charge is 2.35. The number of rotatable bonds is 4. The summed E-state index contributed by atoms with van der Waals surface area (Å²) in [5.41, 5.74) is 1.15. The van der Waals surface area contributed by atoms with E-state index in [0.717, 1.165) is 18.5 Å². The second-order valence-corrected chi connectivity index (χ2v) is 4.86. The van der Waals surface area contributed by atoms with Crippen molar-refractivity contribution in [1.82, 2.24) is 4.90 Å². The van der Waals surface area contributed by atoms with Gasteiger partial charge in [0, 0.05) is 6.54 Å². The first-order valence-corrected chi connectivity index (χ1v) is 6.37. The molecule has 0 aromatic heterocycles. The molecule has 0 amide bonds. The van der Waals surface area contributed by atoms with Crippen molar-refractivity contribution in [1.29, 1.82) is 0 Å². The van der Waals surface area contributed by atoms with Crippen LogP contribution in [0, 0.1) is 5.92 Å². The predicted octanol–water partition coefficient (Wildman–Crippen LogP) is 2.49. The third kappa shape index (κ3) is 2.99. The van der Waals surface area contributed by atoms with Crippen LogP contribution in [0.15, 0.2) is 36.4 Å². The molecule has 1 saturated heterocycles. The first-order valence-electron chi connectivity index (χ1n) is 6.37. The van der Waals surface area contributed by atoms with Crippen LogP contribution in [0.4, 0.5) is 0 Å². The molecule has 1 aliphatic rings. The van der Waals surface area contributed by atoms with Crippen molar-refractivity contribution >= 4 is 12.0 Å². The fourth-order valence-electron chi connectivity index (χ4n) is 2.52. The summed E-state index contributed by atoms with van der Waals surface area (Å²) >= 11 is 0. The summed E-state index contributed by atoms with van der Waals surface area (Å²) < 4.78 is 0. The van der Waals surface area contributed by atoms with Crippen molar-refractivity contribution in [3.05, 3.63) is 42.0 Å². The molecular weight excluding hydrogens is 226 g/mol. The van der Waals surface area contributed by atoms with Crippen LogP contribution in [0.1, 0.15) is 18.9 Å². The molecule has 18 heavy (non-hydrogen) atoms. The Hall–Kier alpha value is -1.61. The van der Waals surface area contributed by atoms with Crippen LogP contribution in [0.3, 0.4) is 0 Å². The number of likely N-dealkylation sites (tertiary alicyclic amines) is 1. The van der Waals surface area contributed by atoms with E-state index in [1.54, 1.807) is 0 Å². The number of benzene rings is 1. The van der Waals surface area contributed by atoms with E-state index in [2.05, 4.69) is 0 Å². The van der Waals surface area contributed by atoms with Gasteiger partial charge in [-0.25, -0.2) is 0 Å². The van der Waals surface area contributed by atoms with Crippen LogP contribution in [-0.4, -0.2) is 35.1 Å². The molecule has 2 atom stereocenters.